The summed E-state index contributed by atoms with van der Waals surface area (Å²) in [5, 5.41) is 13.0. The summed E-state index contributed by atoms with van der Waals surface area (Å²) in [7, 11) is 0. The average molecular weight is 251 g/mol. The Morgan fingerprint density at radius 2 is 2.00 bits per heavy atom. The Balaban J connectivity index is 2.27. The van der Waals surface area contributed by atoms with E-state index in [-0.39, 0.29) is 11.9 Å². The summed E-state index contributed by atoms with van der Waals surface area (Å²) in [5.41, 5.74) is 0.869. The van der Waals surface area contributed by atoms with Gasteiger partial charge in [-0.3, -0.25) is 4.79 Å². The summed E-state index contributed by atoms with van der Waals surface area (Å²) < 4.78 is 4.90. The van der Waals surface area contributed by atoms with Crippen molar-refractivity contribution in [2.45, 2.75) is 20.0 Å². The summed E-state index contributed by atoms with van der Waals surface area (Å²) in [5.74, 6) is -0.410. The van der Waals surface area contributed by atoms with E-state index in [0.29, 0.717) is 19.7 Å². The van der Waals surface area contributed by atoms with Crippen molar-refractivity contribution < 1.29 is 14.6 Å². The second-order valence-corrected chi connectivity index (χ2v) is 4.24. The highest BCUT2D eigenvalue weighted by atomic mass is 16.5. The molecule has 100 valence electrons. The largest absolute Gasteiger partial charge is 0.466 e. The normalized spacial score (nSPS) is 13.9. The van der Waals surface area contributed by atoms with Crippen LogP contribution in [0.2, 0.25) is 0 Å². The van der Waals surface area contributed by atoms with Crippen molar-refractivity contribution in [1.29, 1.82) is 0 Å². The molecule has 0 bridgehead atoms. The minimum Gasteiger partial charge on any atom is -0.466 e. The van der Waals surface area contributed by atoms with Crippen molar-refractivity contribution in [3.63, 3.8) is 0 Å². The van der Waals surface area contributed by atoms with Gasteiger partial charge in [0, 0.05) is 13.1 Å². The maximum atomic E-state index is 11.4. The van der Waals surface area contributed by atoms with Gasteiger partial charge in [-0.2, -0.15) is 0 Å². The molecule has 0 amide bonds. The fourth-order valence-electron chi connectivity index (χ4n) is 1.60. The van der Waals surface area contributed by atoms with E-state index >= 15 is 0 Å². The highest BCUT2D eigenvalue weighted by Crippen LogP contribution is 2.10. The standard InChI is InChI=1S/C14H21NO3/c1-3-18-14(17)11(2)9-15-10-13(16)12-7-5-4-6-8-12/h4-8,11,13,15-16H,3,9-10H2,1-2H3. The molecule has 0 heterocycles. The Labute approximate surface area is 108 Å². The van der Waals surface area contributed by atoms with Crippen molar-refractivity contribution >= 4 is 5.97 Å². The molecule has 4 nitrogen and oxygen atoms in total. The van der Waals surface area contributed by atoms with Crippen LogP contribution in [0.15, 0.2) is 30.3 Å². The molecule has 2 atom stereocenters. The first-order valence-electron chi connectivity index (χ1n) is 6.25. The molecule has 1 aromatic rings. The predicted octanol–water partition coefficient (Wildman–Crippen LogP) is 1.51. The number of nitrogens with one attached hydrogen (secondary N) is 1. The van der Waals surface area contributed by atoms with E-state index in [1.807, 2.05) is 30.3 Å². The fourth-order valence-corrected chi connectivity index (χ4v) is 1.60. The van der Waals surface area contributed by atoms with Crippen LogP contribution in [-0.2, 0) is 9.53 Å². The number of ether oxygens (including phenoxy) is 1. The van der Waals surface area contributed by atoms with E-state index in [4.69, 9.17) is 4.74 Å². The lowest BCUT2D eigenvalue weighted by molar-refractivity contribution is -0.147. The molecule has 0 fully saturated rings. The molecular weight excluding hydrogens is 230 g/mol. The SMILES string of the molecule is CCOC(=O)C(C)CNCC(O)c1ccccc1. The number of carbonyl (C=O) groups excluding carboxylic acids is 1. The summed E-state index contributed by atoms with van der Waals surface area (Å²) in [6.45, 7) is 4.92. The lowest BCUT2D eigenvalue weighted by Gasteiger charge is -2.15. The average Bonchev–Trinajstić information content (AvgIpc) is 2.39. The number of rotatable bonds is 7. The zero-order chi connectivity index (χ0) is 13.4. The Morgan fingerprint density at radius 1 is 1.33 bits per heavy atom. The van der Waals surface area contributed by atoms with Gasteiger partial charge in [0.1, 0.15) is 0 Å². The third-order valence-electron chi connectivity index (χ3n) is 2.66. The molecule has 0 spiro atoms. The van der Waals surface area contributed by atoms with Gasteiger partial charge in [0.2, 0.25) is 0 Å². The number of esters is 1. The third-order valence-corrected chi connectivity index (χ3v) is 2.66. The molecule has 1 rings (SSSR count). The monoisotopic (exact) mass is 251 g/mol. The van der Waals surface area contributed by atoms with Crippen molar-refractivity contribution in [3.8, 4) is 0 Å². The first-order valence-corrected chi connectivity index (χ1v) is 6.25. The van der Waals surface area contributed by atoms with Crippen LogP contribution in [0.25, 0.3) is 0 Å². The van der Waals surface area contributed by atoms with Gasteiger partial charge in [0.05, 0.1) is 18.6 Å². The number of aliphatic hydroxyl groups is 1. The molecule has 0 saturated carbocycles. The zero-order valence-electron chi connectivity index (χ0n) is 10.9. The first kappa shape index (κ1) is 14.7. The Hall–Kier alpha value is -1.39. The molecular formula is C14H21NO3. The molecule has 18 heavy (non-hydrogen) atoms. The van der Waals surface area contributed by atoms with Crippen LogP contribution in [0.3, 0.4) is 0 Å². The highest BCUT2D eigenvalue weighted by Gasteiger charge is 2.14. The van der Waals surface area contributed by atoms with Gasteiger partial charge in [-0.25, -0.2) is 0 Å². The summed E-state index contributed by atoms with van der Waals surface area (Å²) in [4.78, 5) is 11.4. The van der Waals surface area contributed by atoms with E-state index < -0.39 is 6.10 Å². The molecule has 0 aliphatic heterocycles. The number of benzene rings is 1. The zero-order valence-corrected chi connectivity index (χ0v) is 10.9. The van der Waals surface area contributed by atoms with E-state index in [0.717, 1.165) is 5.56 Å². The van der Waals surface area contributed by atoms with Crippen LogP contribution in [0.5, 0.6) is 0 Å². The molecule has 2 unspecified atom stereocenters. The van der Waals surface area contributed by atoms with E-state index in [1.54, 1.807) is 13.8 Å². The molecule has 1 aromatic carbocycles. The van der Waals surface area contributed by atoms with Crippen molar-refractivity contribution in [2.24, 2.45) is 5.92 Å². The van der Waals surface area contributed by atoms with Crippen LogP contribution in [0.1, 0.15) is 25.5 Å². The topological polar surface area (TPSA) is 58.6 Å². The number of carbonyl (C=O) groups is 1. The molecule has 0 radical (unpaired) electrons. The van der Waals surface area contributed by atoms with Crippen LogP contribution in [0.4, 0.5) is 0 Å². The lowest BCUT2D eigenvalue weighted by atomic mass is 10.1. The second-order valence-electron chi connectivity index (χ2n) is 4.24. The van der Waals surface area contributed by atoms with Crippen molar-refractivity contribution in [2.75, 3.05) is 19.7 Å². The van der Waals surface area contributed by atoms with Crippen LogP contribution in [-0.4, -0.2) is 30.8 Å². The maximum Gasteiger partial charge on any atom is 0.309 e. The van der Waals surface area contributed by atoms with Gasteiger partial charge < -0.3 is 15.2 Å². The smallest absolute Gasteiger partial charge is 0.309 e. The van der Waals surface area contributed by atoms with Crippen molar-refractivity contribution in [1.82, 2.24) is 5.32 Å². The number of aliphatic hydroxyl groups excluding tert-OH is 1. The van der Waals surface area contributed by atoms with E-state index in [1.165, 1.54) is 0 Å². The highest BCUT2D eigenvalue weighted by molar-refractivity contribution is 5.72. The van der Waals surface area contributed by atoms with E-state index in [9.17, 15) is 9.90 Å². The summed E-state index contributed by atoms with van der Waals surface area (Å²) >= 11 is 0. The minimum absolute atomic E-state index is 0.201. The molecule has 0 saturated heterocycles. The van der Waals surface area contributed by atoms with Gasteiger partial charge in [-0.1, -0.05) is 37.3 Å². The Bertz CT molecular complexity index is 353. The van der Waals surface area contributed by atoms with Crippen LogP contribution < -0.4 is 5.32 Å². The van der Waals surface area contributed by atoms with Gasteiger partial charge in [-0.05, 0) is 12.5 Å². The third kappa shape index (κ3) is 4.85. The van der Waals surface area contributed by atoms with Crippen LogP contribution >= 0.6 is 0 Å². The summed E-state index contributed by atoms with van der Waals surface area (Å²) in [6.07, 6.45) is -0.555. The van der Waals surface area contributed by atoms with E-state index in [2.05, 4.69) is 5.32 Å². The summed E-state index contributed by atoms with van der Waals surface area (Å²) in [6, 6.07) is 9.44. The Kier molecular flexibility index (Phi) is 6.39. The minimum atomic E-state index is -0.555. The van der Waals surface area contributed by atoms with Crippen LogP contribution in [0, 0.1) is 5.92 Å². The Morgan fingerprint density at radius 3 is 2.61 bits per heavy atom. The molecule has 0 aromatic heterocycles. The molecule has 0 aliphatic rings. The maximum absolute atomic E-state index is 11.4. The predicted molar refractivity (Wildman–Crippen MR) is 70.1 cm³/mol. The molecule has 0 aliphatic carbocycles. The molecule has 2 N–H and O–H groups in total. The second kappa shape index (κ2) is 7.84. The van der Waals surface area contributed by atoms with Gasteiger partial charge >= 0.3 is 5.97 Å². The van der Waals surface area contributed by atoms with Crippen molar-refractivity contribution in [3.05, 3.63) is 35.9 Å². The first-order chi connectivity index (χ1) is 8.65. The van der Waals surface area contributed by atoms with Gasteiger partial charge in [0.25, 0.3) is 0 Å². The fraction of sp³-hybridized carbons (Fsp3) is 0.500. The lowest BCUT2D eigenvalue weighted by Crippen LogP contribution is -2.30. The van der Waals surface area contributed by atoms with Gasteiger partial charge in [0.15, 0.2) is 0 Å². The number of hydrogen-bond acceptors (Lipinski definition) is 4. The number of hydrogen-bond donors (Lipinski definition) is 2. The molecule has 4 heteroatoms. The quantitative estimate of drug-likeness (QED) is 0.721. The van der Waals surface area contributed by atoms with Gasteiger partial charge in [-0.15, -0.1) is 0 Å².